The lowest BCUT2D eigenvalue weighted by molar-refractivity contribution is 0.550. The number of aryl methyl sites for hydroxylation is 2. The molecule has 0 radical (unpaired) electrons. The Balaban J connectivity index is 2.59. The van der Waals surface area contributed by atoms with Crippen LogP contribution in [0.5, 0.6) is 0 Å². The summed E-state index contributed by atoms with van der Waals surface area (Å²) in [5.41, 5.74) is 4.26. The fraction of sp³-hybridized carbons (Fsp3) is 0.625. The maximum Gasteiger partial charge on any atom is 0.0198 e. The van der Waals surface area contributed by atoms with E-state index < -0.39 is 0 Å². The zero-order valence-electron chi connectivity index (χ0n) is 12.3. The smallest absolute Gasteiger partial charge is 0.0198 e. The third-order valence-electron chi connectivity index (χ3n) is 3.26. The SMILES string of the molecule is CCCNC(CSCC)Cc1ccc(C)c(C)c1. The standard InChI is InChI=1S/C16H27NS/c1-5-9-17-16(12-18-6-2)11-15-8-7-13(3)14(4)10-15/h7-8,10,16-17H,5-6,9,11-12H2,1-4H3. The summed E-state index contributed by atoms with van der Waals surface area (Å²) in [6, 6.07) is 7.47. The summed E-state index contributed by atoms with van der Waals surface area (Å²) in [7, 11) is 0. The number of hydrogen-bond acceptors (Lipinski definition) is 2. The number of benzene rings is 1. The van der Waals surface area contributed by atoms with Gasteiger partial charge in [-0.1, -0.05) is 32.0 Å². The van der Waals surface area contributed by atoms with E-state index in [1.165, 1.54) is 34.6 Å². The molecule has 0 spiro atoms. The van der Waals surface area contributed by atoms with Crippen LogP contribution in [0.3, 0.4) is 0 Å². The van der Waals surface area contributed by atoms with E-state index in [1.807, 2.05) is 11.8 Å². The predicted octanol–water partition coefficient (Wildman–Crippen LogP) is 3.97. The summed E-state index contributed by atoms with van der Waals surface area (Å²) in [4.78, 5) is 0. The molecule has 1 N–H and O–H groups in total. The minimum atomic E-state index is 0.608. The van der Waals surface area contributed by atoms with Crippen LogP contribution in [0.2, 0.25) is 0 Å². The van der Waals surface area contributed by atoms with Crippen molar-refractivity contribution in [2.75, 3.05) is 18.1 Å². The topological polar surface area (TPSA) is 12.0 Å². The molecule has 2 heteroatoms. The molecule has 1 unspecified atom stereocenters. The average Bonchev–Trinajstić information content (AvgIpc) is 2.37. The predicted molar refractivity (Wildman–Crippen MR) is 84.7 cm³/mol. The molecule has 18 heavy (non-hydrogen) atoms. The summed E-state index contributed by atoms with van der Waals surface area (Å²) < 4.78 is 0. The summed E-state index contributed by atoms with van der Waals surface area (Å²) in [5, 5.41) is 3.67. The van der Waals surface area contributed by atoms with Crippen molar-refractivity contribution in [1.29, 1.82) is 0 Å². The lowest BCUT2D eigenvalue weighted by atomic mass is 10.0. The average molecular weight is 265 g/mol. The largest absolute Gasteiger partial charge is 0.313 e. The first kappa shape index (κ1) is 15.6. The number of hydrogen-bond donors (Lipinski definition) is 1. The second kappa shape index (κ2) is 8.60. The van der Waals surface area contributed by atoms with Gasteiger partial charge in [0.1, 0.15) is 0 Å². The lowest BCUT2D eigenvalue weighted by Gasteiger charge is -2.18. The molecule has 0 bridgehead atoms. The van der Waals surface area contributed by atoms with E-state index in [1.54, 1.807) is 0 Å². The van der Waals surface area contributed by atoms with Crippen LogP contribution in [0.25, 0.3) is 0 Å². The summed E-state index contributed by atoms with van der Waals surface area (Å²) in [5.74, 6) is 2.42. The Morgan fingerprint density at radius 2 is 1.94 bits per heavy atom. The van der Waals surface area contributed by atoms with Crippen molar-refractivity contribution in [3.63, 3.8) is 0 Å². The van der Waals surface area contributed by atoms with Gasteiger partial charge in [-0.2, -0.15) is 11.8 Å². The van der Waals surface area contributed by atoms with Gasteiger partial charge in [-0.3, -0.25) is 0 Å². The van der Waals surface area contributed by atoms with Crippen LogP contribution in [0.1, 0.15) is 37.0 Å². The monoisotopic (exact) mass is 265 g/mol. The van der Waals surface area contributed by atoms with E-state index in [0.29, 0.717) is 6.04 Å². The Morgan fingerprint density at radius 3 is 2.56 bits per heavy atom. The molecule has 0 aromatic heterocycles. The molecule has 1 atom stereocenters. The van der Waals surface area contributed by atoms with Crippen molar-refractivity contribution >= 4 is 11.8 Å². The van der Waals surface area contributed by atoms with Crippen LogP contribution in [0.15, 0.2) is 18.2 Å². The Morgan fingerprint density at radius 1 is 1.17 bits per heavy atom. The Kier molecular flexibility index (Phi) is 7.45. The highest BCUT2D eigenvalue weighted by Crippen LogP contribution is 2.13. The molecule has 0 aliphatic heterocycles. The van der Waals surface area contributed by atoms with E-state index in [-0.39, 0.29) is 0 Å². The van der Waals surface area contributed by atoms with E-state index in [4.69, 9.17) is 0 Å². The van der Waals surface area contributed by atoms with Gasteiger partial charge in [0.2, 0.25) is 0 Å². The molecule has 0 saturated heterocycles. The third-order valence-corrected chi connectivity index (χ3v) is 4.31. The molecule has 1 aromatic rings. The third kappa shape index (κ3) is 5.45. The van der Waals surface area contributed by atoms with Crippen molar-refractivity contribution in [3.05, 3.63) is 34.9 Å². The van der Waals surface area contributed by atoms with Crippen LogP contribution in [-0.4, -0.2) is 24.1 Å². The number of nitrogens with one attached hydrogen (secondary N) is 1. The first-order valence-corrected chi connectivity index (χ1v) is 8.20. The van der Waals surface area contributed by atoms with Gasteiger partial charge < -0.3 is 5.32 Å². The molecule has 1 rings (SSSR count). The maximum absolute atomic E-state index is 3.67. The molecule has 0 aliphatic carbocycles. The van der Waals surface area contributed by atoms with E-state index in [2.05, 4.69) is 51.2 Å². The summed E-state index contributed by atoms with van der Waals surface area (Å²) in [6.45, 7) is 9.97. The van der Waals surface area contributed by atoms with Crippen LogP contribution < -0.4 is 5.32 Å². The van der Waals surface area contributed by atoms with Gasteiger partial charge in [0, 0.05) is 11.8 Å². The van der Waals surface area contributed by atoms with Gasteiger partial charge in [-0.05, 0) is 55.7 Å². The quantitative estimate of drug-likeness (QED) is 0.763. The van der Waals surface area contributed by atoms with E-state index >= 15 is 0 Å². The fourth-order valence-electron chi connectivity index (χ4n) is 2.01. The highest BCUT2D eigenvalue weighted by atomic mass is 32.2. The second-order valence-electron chi connectivity index (χ2n) is 4.93. The van der Waals surface area contributed by atoms with Gasteiger partial charge in [0.25, 0.3) is 0 Å². The van der Waals surface area contributed by atoms with Crippen LogP contribution in [-0.2, 0) is 6.42 Å². The van der Waals surface area contributed by atoms with E-state index in [0.717, 1.165) is 13.0 Å². The molecule has 102 valence electrons. The highest BCUT2D eigenvalue weighted by Gasteiger charge is 2.09. The van der Waals surface area contributed by atoms with Crippen molar-refractivity contribution in [1.82, 2.24) is 5.32 Å². The van der Waals surface area contributed by atoms with Gasteiger partial charge >= 0.3 is 0 Å². The van der Waals surface area contributed by atoms with Crippen LogP contribution >= 0.6 is 11.8 Å². The minimum absolute atomic E-state index is 0.608. The van der Waals surface area contributed by atoms with Gasteiger partial charge in [0.15, 0.2) is 0 Å². The summed E-state index contributed by atoms with van der Waals surface area (Å²) >= 11 is 2.03. The molecule has 0 heterocycles. The Bertz CT molecular complexity index is 341. The van der Waals surface area contributed by atoms with Gasteiger partial charge in [0.05, 0.1) is 0 Å². The second-order valence-corrected chi connectivity index (χ2v) is 6.25. The fourth-order valence-corrected chi connectivity index (χ4v) is 2.77. The molecular formula is C16H27NS. The van der Waals surface area contributed by atoms with Gasteiger partial charge in [-0.15, -0.1) is 0 Å². The van der Waals surface area contributed by atoms with Crippen molar-refractivity contribution in [2.45, 2.75) is 46.6 Å². The lowest BCUT2D eigenvalue weighted by Crippen LogP contribution is -2.34. The Labute approximate surface area is 117 Å². The maximum atomic E-state index is 3.67. The zero-order valence-corrected chi connectivity index (χ0v) is 13.1. The van der Waals surface area contributed by atoms with Crippen molar-refractivity contribution < 1.29 is 0 Å². The first-order valence-electron chi connectivity index (χ1n) is 7.04. The summed E-state index contributed by atoms with van der Waals surface area (Å²) in [6.07, 6.45) is 2.36. The number of thioether (sulfide) groups is 1. The van der Waals surface area contributed by atoms with Crippen molar-refractivity contribution in [2.24, 2.45) is 0 Å². The van der Waals surface area contributed by atoms with Crippen LogP contribution in [0.4, 0.5) is 0 Å². The molecule has 1 nitrogen and oxygen atoms in total. The molecule has 0 aliphatic rings. The minimum Gasteiger partial charge on any atom is -0.313 e. The van der Waals surface area contributed by atoms with Gasteiger partial charge in [-0.25, -0.2) is 0 Å². The van der Waals surface area contributed by atoms with Crippen molar-refractivity contribution in [3.8, 4) is 0 Å². The van der Waals surface area contributed by atoms with E-state index in [9.17, 15) is 0 Å². The highest BCUT2D eigenvalue weighted by molar-refractivity contribution is 7.99. The Hall–Kier alpha value is -0.470. The molecule has 0 saturated carbocycles. The zero-order chi connectivity index (χ0) is 13.4. The molecular weight excluding hydrogens is 238 g/mol. The molecule has 1 aromatic carbocycles. The molecule has 0 fully saturated rings. The van der Waals surface area contributed by atoms with Crippen LogP contribution in [0, 0.1) is 13.8 Å². The molecule has 0 amide bonds. The normalized spacial score (nSPS) is 12.7. The first-order chi connectivity index (χ1) is 8.67. The number of rotatable bonds is 8.